The van der Waals surface area contributed by atoms with Crippen LogP contribution in [0, 0.1) is 17.8 Å². The average molecular weight is 516 g/mol. The molecule has 7 nitrogen and oxygen atoms in total. The Hall–Kier alpha value is -2.06. The van der Waals surface area contributed by atoms with Crippen molar-refractivity contribution in [1.29, 1.82) is 0 Å². The second-order valence-electron chi connectivity index (χ2n) is 11.7. The zero-order valence-corrected chi connectivity index (χ0v) is 22.8. The Balaban J connectivity index is 1.59. The first-order valence-corrected chi connectivity index (χ1v) is 14.2. The van der Waals surface area contributed by atoms with E-state index in [-0.39, 0.29) is 35.5 Å². The molecule has 4 rings (SSSR count). The molecule has 3 saturated heterocycles. The topological polar surface area (TPSA) is 98.7 Å². The number of thioether (sulfide) groups is 1. The van der Waals surface area contributed by atoms with Gasteiger partial charge in [0.05, 0.1) is 16.6 Å². The summed E-state index contributed by atoms with van der Waals surface area (Å²) in [5.41, 5.74) is 0.605. The fraction of sp³-hybridized carbons (Fsp3) is 0.679. The van der Waals surface area contributed by atoms with E-state index in [0.717, 1.165) is 37.7 Å². The predicted molar refractivity (Wildman–Crippen MR) is 142 cm³/mol. The number of fused-ring (bicyclic) bond motifs is 1. The molecular formula is C28H41N3O4S. The minimum Gasteiger partial charge on any atom is -0.396 e. The van der Waals surface area contributed by atoms with E-state index in [1.165, 1.54) is 0 Å². The summed E-state index contributed by atoms with van der Waals surface area (Å²) in [5, 5.41) is 15.4. The highest BCUT2D eigenvalue weighted by Crippen LogP contribution is 2.68. The van der Waals surface area contributed by atoms with E-state index in [9.17, 15) is 14.4 Å². The number of carbonyl (C=O) groups is 3. The van der Waals surface area contributed by atoms with Crippen molar-refractivity contribution < 1.29 is 19.5 Å². The summed E-state index contributed by atoms with van der Waals surface area (Å²) in [4.78, 5) is 43.1. The van der Waals surface area contributed by atoms with Crippen LogP contribution in [0.1, 0.15) is 65.4 Å². The van der Waals surface area contributed by atoms with Crippen LogP contribution in [-0.4, -0.2) is 62.5 Å². The number of rotatable bonds is 10. The molecule has 3 aliphatic rings. The van der Waals surface area contributed by atoms with Gasteiger partial charge in [0.25, 0.3) is 0 Å². The SMILES string of the molecule is CC1C[C@H]2SC13C(C(=O)NC(C)(C)C)N(CCCCCCO)C(=O)[C@@H]3[C@H]2C(=O)NCc1ccccc1. The molecule has 1 aromatic carbocycles. The molecule has 3 unspecified atom stereocenters. The largest absolute Gasteiger partial charge is 0.396 e. The highest BCUT2D eigenvalue weighted by molar-refractivity contribution is 8.02. The summed E-state index contributed by atoms with van der Waals surface area (Å²) in [5.74, 6) is -0.989. The maximum atomic E-state index is 14.0. The number of carbonyl (C=O) groups excluding carboxylic acids is 3. The van der Waals surface area contributed by atoms with E-state index in [0.29, 0.717) is 13.1 Å². The maximum absolute atomic E-state index is 14.0. The van der Waals surface area contributed by atoms with Gasteiger partial charge in [-0.3, -0.25) is 14.4 Å². The Morgan fingerprint density at radius 3 is 2.47 bits per heavy atom. The van der Waals surface area contributed by atoms with Gasteiger partial charge in [0.1, 0.15) is 6.04 Å². The first-order chi connectivity index (χ1) is 17.1. The van der Waals surface area contributed by atoms with Crippen LogP contribution < -0.4 is 10.6 Å². The quantitative estimate of drug-likeness (QED) is 0.416. The van der Waals surface area contributed by atoms with E-state index in [4.69, 9.17) is 5.11 Å². The highest BCUT2D eigenvalue weighted by atomic mass is 32.2. The number of aliphatic hydroxyl groups is 1. The molecule has 198 valence electrons. The van der Waals surface area contributed by atoms with Crippen LogP contribution in [0.25, 0.3) is 0 Å². The fourth-order valence-corrected chi connectivity index (χ4v) is 8.87. The number of hydrogen-bond donors (Lipinski definition) is 3. The van der Waals surface area contributed by atoms with Crippen molar-refractivity contribution in [2.24, 2.45) is 17.8 Å². The zero-order valence-electron chi connectivity index (χ0n) is 22.0. The summed E-state index contributed by atoms with van der Waals surface area (Å²) >= 11 is 1.72. The number of likely N-dealkylation sites (tertiary alicyclic amines) is 1. The minimum atomic E-state index is -0.586. The monoisotopic (exact) mass is 515 g/mol. The van der Waals surface area contributed by atoms with Crippen LogP contribution >= 0.6 is 11.8 Å². The van der Waals surface area contributed by atoms with Crippen molar-refractivity contribution in [3.63, 3.8) is 0 Å². The molecule has 3 aliphatic heterocycles. The Bertz CT molecular complexity index is 965. The van der Waals surface area contributed by atoms with E-state index < -0.39 is 28.2 Å². The Kier molecular flexibility index (Phi) is 8.05. The Labute approximate surface area is 219 Å². The van der Waals surface area contributed by atoms with E-state index in [2.05, 4.69) is 17.6 Å². The summed E-state index contributed by atoms with van der Waals surface area (Å²) in [6, 6.07) is 9.22. The summed E-state index contributed by atoms with van der Waals surface area (Å²) < 4.78 is -0.586. The van der Waals surface area contributed by atoms with Crippen LogP contribution in [0.3, 0.4) is 0 Å². The van der Waals surface area contributed by atoms with Crippen LogP contribution in [0.2, 0.25) is 0 Å². The van der Waals surface area contributed by atoms with Gasteiger partial charge < -0.3 is 20.6 Å². The van der Waals surface area contributed by atoms with Crippen molar-refractivity contribution in [2.45, 2.75) is 87.9 Å². The lowest BCUT2D eigenvalue weighted by atomic mass is 9.65. The van der Waals surface area contributed by atoms with Crippen molar-refractivity contribution in [2.75, 3.05) is 13.2 Å². The van der Waals surface area contributed by atoms with Crippen molar-refractivity contribution in [1.82, 2.24) is 15.5 Å². The van der Waals surface area contributed by atoms with Crippen molar-refractivity contribution >= 4 is 29.5 Å². The molecule has 3 fully saturated rings. The van der Waals surface area contributed by atoms with Gasteiger partial charge in [-0.25, -0.2) is 0 Å². The number of unbranched alkanes of at least 4 members (excludes halogenated alkanes) is 3. The zero-order chi connectivity index (χ0) is 26.1. The van der Waals surface area contributed by atoms with Crippen molar-refractivity contribution in [3.05, 3.63) is 35.9 Å². The van der Waals surface area contributed by atoms with Gasteiger partial charge in [-0.1, -0.05) is 50.1 Å². The molecule has 36 heavy (non-hydrogen) atoms. The lowest BCUT2D eigenvalue weighted by Gasteiger charge is -2.39. The summed E-state index contributed by atoms with van der Waals surface area (Å²) in [7, 11) is 0. The van der Waals surface area contributed by atoms with Crippen LogP contribution in [0.15, 0.2) is 30.3 Å². The van der Waals surface area contributed by atoms with Crippen LogP contribution in [0.5, 0.6) is 0 Å². The molecule has 8 heteroatoms. The second kappa shape index (κ2) is 10.7. The molecule has 3 heterocycles. The molecule has 1 spiro atoms. The fourth-order valence-electron chi connectivity index (χ4n) is 6.45. The number of benzene rings is 1. The van der Waals surface area contributed by atoms with Crippen LogP contribution in [-0.2, 0) is 20.9 Å². The highest BCUT2D eigenvalue weighted by Gasteiger charge is 2.75. The van der Waals surface area contributed by atoms with Crippen LogP contribution in [0.4, 0.5) is 0 Å². The van der Waals surface area contributed by atoms with Gasteiger partial charge in [0.15, 0.2) is 0 Å². The number of aliphatic hydroxyl groups excluding tert-OH is 1. The molecule has 0 aromatic heterocycles. The molecule has 0 aliphatic carbocycles. The van der Waals surface area contributed by atoms with Gasteiger partial charge in [0.2, 0.25) is 17.7 Å². The number of nitrogens with zero attached hydrogens (tertiary/aromatic N) is 1. The lowest BCUT2D eigenvalue weighted by Crippen LogP contribution is -2.59. The lowest BCUT2D eigenvalue weighted by molar-refractivity contribution is -0.140. The first kappa shape index (κ1) is 27.0. The van der Waals surface area contributed by atoms with E-state index in [1.807, 2.05) is 51.1 Å². The van der Waals surface area contributed by atoms with Crippen molar-refractivity contribution in [3.8, 4) is 0 Å². The van der Waals surface area contributed by atoms with Gasteiger partial charge in [0, 0.05) is 30.5 Å². The smallest absolute Gasteiger partial charge is 0.244 e. The molecular weight excluding hydrogens is 474 g/mol. The molecule has 2 bridgehead atoms. The molecule has 3 N–H and O–H groups in total. The van der Waals surface area contributed by atoms with Gasteiger partial charge in [-0.2, -0.15) is 0 Å². The van der Waals surface area contributed by atoms with E-state index in [1.54, 1.807) is 16.7 Å². The molecule has 0 saturated carbocycles. The number of amides is 3. The normalized spacial score (nSPS) is 31.0. The van der Waals surface area contributed by atoms with Gasteiger partial charge >= 0.3 is 0 Å². The standard InChI is InChI=1S/C28H41N3O4S/c1-18-16-20-21(24(33)29-17-19-12-8-7-9-13-19)22-26(35)31(14-10-5-6-11-15-32)23(28(18,22)36-20)25(34)30-27(2,3)4/h7-9,12-13,18,20-23,32H,5-6,10-11,14-17H2,1-4H3,(H,29,33)(H,30,34)/t18?,20-,21+,22+,23?,28?/m1/s1. The predicted octanol–water partition coefficient (Wildman–Crippen LogP) is 3.11. The third kappa shape index (κ3) is 5.03. The second-order valence-corrected chi connectivity index (χ2v) is 13.2. The summed E-state index contributed by atoms with van der Waals surface area (Å²) in [6.07, 6.45) is 4.14. The van der Waals surface area contributed by atoms with Gasteiger partial charge in [-0.15, -0.1) is 11.8 Å². The first-order valence-electron chi connectivity index (χ1n) is 13.3. The molecule has 3 amide bonds. The maximum Gasteiger partial charge on any atom is 0.244 e. The number of nitrogens with one attached hydrogen (secondary N) is 2. The molecule has 0 radical (unpaired) electrons. The number of hydrogen-bond acceptors (Lipinski definition) is 5. The molecule has 1 aromatic rings. The third-order valence-corrected chi connectivity index (χ3v) is 9.99. The summed E-state index contributed by atoms with van der Waals surface area (Å²) in [6.45, 7) is 9.11. The Morgan fingerprint density at radius 2 is 1.81 bits per heavy atom. The Morgan fingerprint density at radius 1 is 1.11 bits per heavy atom. The minimum absolute atomic E-state index is 0.0429. The third-order valence-electron chi connectivity index (χ3n) is 7.91. The molecule has 6 atom stereocenters. The average Bonchev–Trinajstić information content (AvgIpc) is 3.40. The van der Waals surface area contributed by atoms with Gasteiger partial charge in [-0.05, 0) is 51.5 Å². The van der Waals surface area contributed by atoms with E-state index >= 15 is 0 Å².